The number of hydrogen-bond donors (Lipinski definition) is 1. The van der Waals surface area contributed by atoms with Crippen LogP contribution < -0.4 is 5.73 Å². The lowest BCUT2D eigenvalue weighted by atomic mass is 10.2. The van der Waals surface area contributed by atoms with Gasteiger partial charge in [-0.3, -0.25) is 4.90 Å². The molecule has 1 aliphatic rings. The molecule has 17 heavy (non-hydrogen) atoms. The van der Waals surface area contributed by atoms with Gasteiger partial charge in [-0.15, -0.1) is 0 Å². The summed E-state index contributed by atoms with van der Waals surface area (Å²) in [5.41, 5.74) is 6.63. The summed E-state index contributed by atoms with van der Waals surface area (Å²) < 4.78 is 7.66. The van der Waals surface area contributed by atoms with Gasteiger partial charge in [0.15, 0.2) is 0 Å². The van der Waals surface area contributed by atoms with Crippen LogP contribution in [0.3, 0.4) is 0 Å². The molecule has 5 heteroatoms. The van der Waals surface area contributed by atoms with Gasteiger partial charge in [0.2, 0.25) is 0 Å². The summed E-state index contributed by atoms with van der Waals surface area (Å²) in [6.07, 6.45) is 4.26. The van der Waals surface area contributed by atoms with E-state index in [0.717, 1.165) is 31.9 Å². The summed E-state index contributed by atoms with van der Waals surface area (Å²) in [4.78, 5) is 6.83. The fourth-order valence-corrected chi connectivity index (χ4v) is 2.16. The van der Waals surface area contributed by atoms with E-state index in [9.17, 15) is 0 Å². The fourth-order valence-electron chi connectivity index (χ4n) is 2.16. The third kappa shape index (κ3) is 3.28. The van der Waals surface area contributed by atoms with Crippen molar-refractivity contribution in [3.63, 3.8) is 0 Å². The number of rotatable bonds is 4. The molecule has 0 aromatic carbocycles. The molecule has 0 amide bonds. The third-order valence-electron chi connectivity index (χ3n) is 3.18. The Morgan fingerprint density at radius 1 is 1.53 bits per heavy atom. The van der Waals surface area contributed by atoms with Crippen LogP contribution in [0.5, 0.6) is 0 Å². The molecule has 1 aromatic heterocycles. The Labute approximate surface area is 103 Å². The van der Waals surface area contributed by atoms with Crippen LogP contribution in [0.25, 0.3) is 0 Å². The van der Waals surface area contributed by atoms with E-state index in [1.165, 1.54) is 0 Å². The van der Waals surface area contributed by atoms with Gasteiger partial charge in [-0.1, -0.05) is 0 Å². The molecule has 1 fully saturated rings. The molecule has 2 atom stereocenters. The Balaban J connectivity index is 1.94. The number of ether oxygens (including phenoxy) is 1. The van der Waals surface area contributed by atoms with Gasteiger partial charge in [0.1, 0.15) is 0 Å². The Bertz CT molecular complexity index is 352. The summed E-state index contributed by atoms with van der Waals surface area (Å²) in [5.74, 6) is 0. The predicted octanol–water partition coefficient (Wildman–Crippen LogP) is 0.451. The first kappa shape index (κ1) is 12.5. The lowest BCUT2D eigenvalue weighted by Crippen LogP contribution is -2.46. The molecule has 0 spiro atoms. The van der Waals surface area contributed by atoms with Crippen molar-refractivity contribution in [2.75, 3.05) is 19.7 Å². The van der Waals surface area contributed by atoms with Gasteiger partial charge in [0.25, 0.3) is 0 Å². The van der Waals surface area contributed by atoms with Crippen molar-refractivity contribution in [3.05, 3.63) is 18.2 Å². The highest BCUT2D eigenvalue weighted by molar-refractivity contribution is 4.97. The molecule has 2 heterocycles. The van der Waals surface area contributed by atoms with Crippen molar-refractivity contribution in [2.45, 2.75) is 39.1 Å². The summed E-state index contributed by atoms with van der Waals surface area (Å²) in [6, 6.07) is 0.464. The van der Waals surface area contributed by atoms with Crippen molar-refractivity contribution in [3.8, 4) is 0 Å². The topological polar surface area (TPSA) is 56.3 Å². The molecule has 2 unspecified atom stereocenters. The maximum atomic E-state index is 5.62. The van der Waals surface area contributed by atoms with Crippen LogP contribution in [0.2, 0.25) is 0 Å². The second kappa shape index (κ2) is 5.62. The van der Waals surface area contributed by atoms with Gasteiger partial charge in [-0.2, -0.15) is 0 Å². The van der Waals surface area contributed by atoms with E-state index in [-0.39, 0.29) is 0 Å². The van der Waals surface area contributed by atoms with E-state index >= 15 is 0 Å². The zero-order chi connectivity index (χ0) is 12.3. The highest BCUT2D eigenvalue weighted by Gasteiger charge is 2.23. The number of aromatic nitrogens is 2. The molecule has 2 rings (SSSR count). The minimum absolute atomic E-state index is 0.317. The number of nitrogens with two attached hydrogens (primary N) is 1. The second-order valence-corrected chi connectivity index (χ2v) is 4.81. The highest BCUT2D eigenvalue weighted by atomic mass is 16.5. The number of morpholine rings is 1. The monoisotopic (exact) mass is 238 g/mol. The molecule has 0 aliphatic carbocycles. The molecule has 0 saturated carbocycles. The van der Waals surface area contributed by atoms with E-state index in [0.29, 0.717) is 18.7 Å². The summed E-state index contributed by atoms with van der Waals surface area (Å²) in [6.45, 7) is 8.49. The van der Waals surface area contributed by atoms with E-state index in [2.05, 4.69) is 29.9 Å². The van der Waals surface area contributed by atoms with Crippen molar-refractivity contribution >= 4 is 0 Å². The second-order valence-electron chi connectivity index (χ2n) is 4.81. The van der Waals surface area contributed by atoms with Crippen LogP contribution >= 0.6 is 0 Å². The molecule has 1 aliphatic heterocycles. The van der Waals surface area contributed by atoms with Gasteiger partial charge >= 0.3 is 0 Å². The molecule has 2 N–H and O–H groups in total. The molecule has 0 radical (unpaired) electrons. The first-order valence-electron chi connectivity index (χ1n) is 6.25. The van der Waals surface area contributed by atoms with Crippen molar-refractivity contribution in [2.24, 2.45) is 5.73 Å². The third-order valence-corrected chi connectivity index (χ3v) is 3.18. The average molecular weight is 238 g/mol. The van der Waals surface area contributed by atoms with Gasteiger partial charge in [-0.25, -0.2) is 4.98 Å². The van der Waals surface area contributed by atoms with Gasteiger partial charge in [0, 0.05) is 38.4 Å². The maximum Gasteiger partial charge on any atom is 0.0950 e. The van der Waals surface area contributed by atoms with Crippen LogP contribution in [0.1, 0.15) is 19.5 Å². The minimum atomic E-state index is 0.317. The summed E-state index contributed by atoms with van der Waals surface area (Å²) >= 11 is 0. The first-order valence-corrected chi connectivity index (χ1v) is 6.25. The Morgan fingerprint density at radius 2 is 2.35 bits per heavy atom. The van der Waals surface area contributed by atoms with E-state index in [1.54, 1.807) is 0 Å². The normalized spacial score (nSPS) is 26.3. The number of nitrogens with zero attached hydrogens (tertiary/aromatic N) is 3. The molecule has 96 valence electrons. The van der Waals surface area contributed by atoms with Crippen molar-refractivity contribution in [1.29, 1.82) is 0 Å². The van der Waals surface area contributed by atoms with E-state index in [1.807, 2.05) is 10.9 Å². The van der Waals surface area contributed by atoms with Crippen LogP contribution in [0.15, 0.2) is 12.5 Å². The SMILES string of the molecule is CC1CN(Cc2cn(CCN)cn2)C(C)CO1. The smallest absolute Gasteiger partial charge is 0.0950 e. The fraction of sp³-hybridized carbons (Fsp3) is 0.750. The predicted molar refractivity (Wildman–Crippen MR) is 66.6 cm³/mol. The zero-order valence-electron chi connectivity index (χ0n) is 10.7. The summed E-state index contributed by atoms with van der Waals surface area (Å²) in [5, 5.41) is 0. The Hall–Kier alpha value is -0.910. The first-order chi connectivity index (χ1) is 8.19. The van der Waals surface area contributed by atoms with Crippen LogP contribution in [-0.4, -0.2) is 46.3 Å². The Kier molecular flexibility index (Phi) is 4.15. The quantitative estimate of drug-likeness (QED) is 0.827. The molecular formula is C12H22N4O. The minimum Gasteiger partial charge on any atom is -0.376 e. The maximum absolute atomic E-state index is 5.62. The molecule has 0 bridgehead atoms. The lowest BCUT2D eigenvalue weighted by Gasteiger charge is -2.36. The summed E-state index contributed by atoms with van der Waals surface area (Å²) in [7, 11) is 0. The van der Waals surface area contributed by atoms with Crippen LogP contribution in [0, 0.1) is 0 Å². The number of imidazole rings is 1. The largest absolute Gasteiger partial charge is 0.376 e. The highest BCUT2D eigenvalue weighted by Crippen LogP contribution is 2.14. The molecule has 1 aromatic rings. The van der Waals surface area contributed by atoms with E-state index in [4.69, 9.17) is 10.5 Å². The van der Waals surface area contributed by atoms with Crippen LogP contribution in [0.4, 0.5) is 0 Å². The van der Waals surface area contributed by atoms with Gasteiger partial charge in [0.05, 0.1) is 24.7 Å². The molecule has 5 nitrogen and oxygen atoms in total. The van der Waals surface area contributed by atoms with Crippen molar-refractivity contribution < 1.29 is 4.74 Å². The standard InChI is InChI=1S/C12H22N4O/c1-10-8-17-11(2)5-16(10)7-12-6-15(4-3-13)9-14-12/h6,9-11H,3-5,7-8,13H2,1-2H3. The Morgan fingerprint density at radius 3 is 3.12 bits per heavy atom. The average Bonchev–Trinajstić information content (AvgIpc) is 2.72. The van der Waals surface area contributed by atoms with Gasteiger partial charge in [-0.05, 0) is 13.8 Å². The molecule has 1 saturated heterocycles. The van der Waals surface area contributed by atoms with Crippen LogP contribution in [-0.2, 0) is 17.8 Å². The van der Waals surface area contributed by atoms with E-state index < -0.39 is 0 Å². The number of hydrogen-bond acceptors (Lipinski definition) is 4. The van der Waals surface area contributed by atoms with Gasteiger partial charge < -0.3 is 15.0 Å². The zero-order valence-corrected chi connectivity index (χ0v) is 10.7. The lowest BCUT2D eigenvalue weighted by molar-refractivity contribution is -0.0530. The molecular weight excluding hydrogens is 216 g/mol. The van der Waals surface area contributed by atoms with Crippen molar-refractivity contribution in [1.82, 2.24) is 14.5 Å².